The SMILES string of the molecule is CCOC(=O)C1=C(C(F)(F)F)NC(C(F)(F)F)=C(C(=O)OCC)C1C1CC1. The van der Waals surface area contributed by atoms with Crippen LogP contribution in [0.1, 0.15) is 26.7 Å². The highest BCUT2D eigenvalue weighted by atomic mass is 19.4. The number of rotatable bonds is 5. The van der Waals surface area contributed by atoms with Crippen LogP contribution in [0.3, 0.4) is 0 Å². The fourth-order valence-electron chi connectivity index (χ4n) is 2.94. The summed E-state index contributed by atoms with van der Waals surface area (Å²) in [6.07, 6.45) is -10.0. The number of carbonyl (C=O) groups excluding carboxylic acids is 2. The lowest BCUT2D eigenvalue weighted by Crippen LogP contribution is -2.44. The van der Waals surface area contributed by atoms with Gasteiger partial charge < -0.3 is 14.8 Å². The molecule has 27 heavy (non-hydrogen) atoms. The molecule has 5 nitrogen and oxygen atoms in total. The van der Waals surface area contributed by atoms with Gasteiger partial charge in [-0.05, 0) is 32.6 Å². The van der Waals surface area contributed by atoms with E-state index in [9.17, 15) is 35.9 Å². The van der Waals surface area contributed by atoms with Gasteiger partial charge in [0.15, 0.2) is 0 Å². The summed E-state index contributed by atoms with van der Waals surface area (Å²) in [7, 11) is 0. The van der Waals surface area contributed by atoms with Crippen molar-refractivity contribution in [2.24, 2.45) is 11.8 Å². The Labute approximate surface area is 150 Å². The molecule has 0 aromatic rings. The summed E-state index contributed by atoms with van der Waals surface area (Å²) in [6, 6.07) is 0. The van der Waals surface area contributed by atoms with Crippen molar-refractivity contribution >= 4 is 11.9 Å². The van der Waals surface area contributed by atoms with Gasteiger partial charge in [0.1, 0.15) is 11.4 Å². The molecule has 0 atom stereocenters. The Balaban J connectivity index is 2.73. The predicted molar refractivity (Wildman–Crippen MR) is 78.8 cm³/mol. The molecule has 0 spiro atoms. The van der Waals surface area contributed by atoms with Crippen LogP contribution >= 0.6 is 0 Å². The Morgan fingerprint density at radius 1 is 0.889 bits per heavy atom. The van der Waals surface area contributed by atoms with E-state index in [4.69, 9.17) is 0 Å². The minimum Gasteiger partial charge on any atom is -0.463 e. The van der Waals surface area contributed by atoms with Crippen LogP contribution in [0, 0.1) is 11.8 Å². The van der Waals surface area contributed by atoms with Crippen molar-refractivity contribution in [2.45, 2.75) is 39.0 Å². The molecular formula is C16H17F6NO4. The first-order valence-electron chi connectivity index (χ1n) is 8.17. The molecule has 1 saturated carbocycles. The molecule has 0 aromatic heterocycles. The zero-order valence-electron chi connectivity index (χ0n) is 14.4. The molecule has 1 heterocycles. The first-order valence-corrected chi connectivity index (χ1v) is 8.17. The van der Waals surface area contributed by atoms with Crippen LogP contribution in [-0.2, 0) is 19.1 Å². The lowest BCUT2D eigenvalue weighted by molar-refractivity contribution is -0.144. The molecule has 1 fully saturated rings. The lowest BCUT2D eigenvalue weighted by atomic mass is 9.81. The summed E-state index contributed by atoms with van der Waals surface area (Å²) < 4.78 is 90.0. The van der Waals surface area contributed by atoms with Gasteiger partial charge >= 0.3 is 24.3 Å². The van der Waals surface area contributed by atoms with Gasteiger partial charge in [0, 0.05) is 5.92 Å². The van der Waals surface area contributed by atoms with E-state index in [1.54, 1.807) is 0 Å². The topological polar surface area (TPSA) is 64.6 Å². The number of ether oxygens (including phenoxy) is 2. The van der Waals surface area contributed by atoms with Crippen molar-refractivity contribution < 1.29 is 45.4 Å². The quantitative estimate of drug-likeness (QED) is 0.565. The summed E-state index contributed by atoms with van der Waals surface area (Å²) in [5.74, 6) is -5.27. The van der Waals surface area contributed by atoms with Gasteiger partial charge in [-0.15, -0.1) is 0 Å². The molecule has 0 bridgehead atoms. The third-order valence-corrected chi connectivity index (χ3v) is 4.06. The molecule has 1 N–H and O–H groups in total. The van der Waals surface area contributed by atoms with Crippen molar-refractivity contribution in [3.8, 4) is 0 Å². The summed E-state index contributed by atoms with van der Waals surface area (Å²) in [5, 5.41) is 1.23. The Hall–Kier alpha value is -2.20. The first-order chi connectivity index (χ1) is 12.4. The van der Waals surface area contributed by atoms with E-state index < -0.39 is 58.7 Å². The van der Waals surface area contributed by atoms with Crippen LogP contribution in [-0.4, -0.2) is 37.5 Å². The maximum absolute atomic E-state index is 13.5. The number of dihydropyridines is 1. The largest absolute Gasteiger partial charge is 0.463 e. The average Bonchev–Trinajstić information content (AvgIpc) is 3.36. The molecule has 2 aliphatic rings. The minimum absolute atomic E-state index is 0.271. The number of nitrogens with one attached hydrogen (secondary N) is 1. The van der Waals surface area contributed by atoms with E-state index >= 15 is 0 Å². The number of halogens is 6. The number of alkyl halides is 6. The van der Waals surface area contributed by atoms with Gasteiger partial charge in [-0.1, -0.05) is 0 Å². The van der Waals surface area contributed by atoms with Gasteiger partial charge in [0.05, 0.1) is 24.4 Å². The highest BCUT2D eigenvalue weighted by Gasteiger charge is 2.55. The van der Waals surface area contributed by atoms with Gasteiger partial charge in [-0.25, -0.2) is 9.59 Å². The fourth-order valence-corrected chi connectivity index (χ4v) is 2.94. The van der Waals surface area contributed by atoms with Crippen LogP contribution < -0.4 is 5.32 Å². The second-order valence-corrected chi connectivity index (χ2v) is 5.95. The Bertz CT molecular complexity index is 636. The van der Waals surface area contributed by atoms with Crippen LogP contribution in [0.2, 0.25) is 0 Å². The summed E-state index contributed by atoms with van der Waals surface area (Å²) >= 11 is 0. The molecule has 0 amide bonds. The fraction of sp³-hybridized carbons (Fsp3) is 0.625. The van der Waals surface area contributed by atoms with Crippen molar-refractivity contribution in [1.29, 1.82) is 0 Å². The maximum Gasteiger partial charge on any atom is 0.431 e. The molecule has 0 aromatic carbocycles. The second-order valence-electron chi connectivity index (χ2n) is 5.95. The second kappa shape index (κ2) is 7.43. The molecule has 0 unspecified atom stereocenters. The normalized spacial score (nSPS) is 19.1. The molecule has 0 saturated heterocycles. The Kier molecular flexibility index (Phi) is 5.81. The molecule has 11 heteroatoms. The van der Waals surface area contributed by atoms with E-state index in [2.05, 4.69) is 9.47 Å². The maximum atomic E-state index is 13.5. The van der Waals surface area contributed by atoms with Crippen molar-refractivity contribution in [1.82, 2.24) is 5.32 Å². The van der Waals surface area contributed by atoms with E-state index in [-0.39, 0.29) is 26.1 Å². The monoisotopic (exact) mass is 401 g/mol. The van der Waals surface area contributed by atoms with Crippen molar-refractivity contribution in [2.75, 3.05) is 13.2 Å². The zero-order chi connectivity index (χ0) is 20.6. The summed E-state index contributed by atoms with van der Waals surface area (Å²) in [4.78, 5) is 24.4. The van der Waals surface area contributed by atoms with Gasteiger partial charge in [-0.2, -0.15) is 26.3 Å². The van der Waals surface area contributed by atoms with Crippen LogP contribution in [0.4, 0.5) is 26.3 Å². The number of hydrogen-bond acceptors (Lipinski definition) is 5. The number of allylic oxidation sites excluding steroid dienone is 2. The zero-order valence-corrected chi connectivity index (χ0v) is 14.4. The first kappa shape index (κ1) is 21.1. The predicted octanol–water partition coefficient (Wildman–Crippen LogP) is 3.37. The van der Waals surface area contributed by atoms with E-state index in [0.29, 0.717) is 0 Å². The molecule has 2 rings (SSSR count). The summed E-state index contributed by atoms with van der Waals surface area (Å²) in [6.45, 7) is 2.12. The number of carbonyl (C=O) groups is 2. The highest BCUT2D eigenvalue weighted by molar-refractivity contribution is 5.98. The van der Waals surface area contributed by atoms with E-state index in [0.717, 1.165) is 0 Å². The van der Waals surface area contributed by atoms with E-state index in [1.807, 2.05) is 0 Å². The standard InChI is InChI=1S/C16H17F6NO4/c1-3-26-13(24)9-8(7-5-6-7)10(14(25)27-4-2)12(16(20,21)22)23-11(9)15(17,18)19/h7-8,23H,3-6H2,1-2H3. The third-order valence-electron chi connectivity index (χ3n) is 4.06. The smallest absolute Gasteiger partial charge is 0.431 e. The molecule has 152 valence electrons. The van der Waals surface area contributed by atoms with Gasteiger partial charge in [-0.3, -0.25) is 0 Å². The van der Waals surface area contributed by atoms with Crippen molar-refractivity contribution in [3.05, 3.63) is 22.5 Å². The Morgan fingerprint density at radius 2 is 1.26 bits per heavy atom. The minimum atomic E-state index is -5.29. The molecule has 0 radical (unpaired) electrons. The molecule has 1 aliphatic heterocycles. The average molecular weight is 401 g/mol. The third kappa shape index (κ3) is 4.38. The van der Waals surface area contributed by atoms with Gasteiger partial charge in [0.25, 0.3) is 0 Å². The number of esters is 2. The number of hydrogen-bond donors (Lipinski definition) is 1. The molecule has 1 aliphatic carbocycles. The van der Waals surface area contributed by atoms with Crippen LogP contribution in [0.15, 0.2) is 22.5 Å². The lowest BCUT2D eigenvalue weighted by Gasteiger charge is -2.33. The van der Waals surface area contributed by atoms with Crippen LogP contribution in [0.5, 0.6) is 0 Å². The van der Waals surface area contributed by atoms with Crippen LogP contribution in [0.25, 0.3) is 0 Å². The highest BCUT2D eigenvalue weighted by Crippen LogP contribution is 2.51. The summed E-state index contributed by atoms with van der Waals surface area (Å²) in [5.41, 5.74) is -5.78. The van der Waals surface area contributed by atoms with Gasteiger partial charge in [0.2, 0.25) is 0 Å². The Morgan fingerprint density at radius 3 is 1.52 bits per heavy atom. The molecular weight excluding hydrogens is 384 g/mol. The van der Waals surface area contributed by atoms with Crippen molar-refractivity contribution in [3.63, 3.8) is 0 Å². The van der Waals surface area contributed by atoms with E-state index in [1.165, 1.54) is 19.2 Å².